The van der Waals surface area contributed by atoms with E-state index in [9.17, 15) is 4.79 Å². The number of hydrogen-bond acceptors (Lipinski definition) is 2. The smallest absolute Gasteiger partial charge is 0.138 e. The molecule has 2 fully saturated rings. The fraction of sp³-hybridized carbons (Fsp3) is 0.933. The largest absolute Gasteiger partial charge is 0.374 e. The van der Waals surface area contributed by atoms with Crippen LogP contribution in [0.5, 0.6) is 0 Å². The Labute approximate surface area is 105 Å². The summed E-state index contributed by atoms with van der Waals surface area (Å²) in [5.74, 6) is 1.34. The van der Waals surface area contributed by atoms with Crippen LogP contribution in [0.15, 0.2) is 0 Å². The van der Waals surface area contributed by atoms with Crippen molar-refractivity contribution in [2.45, 2.75) is 77.4 Å². The average molecular weight is 238 g/mol. The molecule has 0 aliphatic carbocycles. The van der Waals surface area contributed by atoms with Crippen molar-refractivity contribution in [3.63, 3.8) is 0 Å². The Balaban J connectivity index is 1.79. The quantitative estimate of drug-likeness (QED) is 0.675. The average Bonchev–Trinajstić information content (AvgIpc) is 2.96. The van der Waals surface area contributed by atoms with E-state index >= 15 is 0 Å². The summed E-state index contributed by atoms with van der Waals surface area (Å²) in [4.78, 5) is 12.3. The monoisotopic (exact) mass is 238 g/mol. The van der Waals surface area contributed by atoms with E-state index < -0.39 is 0 Å². The van der Waals surface area contributed by atoms with Gasteiger partial charge in [-0.2, -0.15) is 0 Å². The number of fused-ring (bicyclic) bond motifs is 2. The first-order chi connectivity index (χ1) is 8.24. The van der Waals surface area contributed by atoms with Crippen LogP contribution in [0.3, 0.4) is 0 Å². The number of ketones is 1. The molecule has 17 heavy (non-hydrogen) atoms. The summed E-state index contributed by atoms with van der Waals surface area (Å²) in [7, 11) is 0. The molecule has 2 nitrogen and oxygen atoms in total. The summed E-state index contributed by atoms with van der Waals surface area (Å²) in [6.07, 6.45) is 9.66. The first-order valence-electron chi connectivity index (χ1n) is 7.42. The Morgan fingerprint density at radius 3 is 2.71 bits per heavy atom. The molecule has 0 saturated carbocycles. The zero-order chi connectivity index (χ0) is 12.3. The number of rotatable bonds is 7. The summed E-state index contributed by atoms with van der Waals surface area (Å²) < 4.78 is 5.78. The molecule has 0 aromatic carbocycles. The lowest BCUT2D eigenvalue weighted by Crippen LogP contribution is -2.26. The fourth-order valence-corrected chi connectivity index (χ4v) is 3.36. The van der Waals surface area contributed by atoms with Gasteiger partial charge >= 0.3 is 0 Å². The third kappa shape index (κ3) is 3.09. The highest BCUT2D eigenvalue weighted by Crippen LogP contribution is 2.40. The van der Waals surface area contributed by atoms with Crippen LogP contribution in [0, 0.1) is 11.8 Å². The number of unbranched alkanes of at least 4 members (excludes halogenated alkanes) is 1. The molecule has 2 aliphatic rings. The Hall–Kier alpha value is -0.370. The lowest BCUT2D eigenvalue weighted by Gasteiger charge is -2.20. The van der Waals surface area contributed by atoms with Gasteiger partial charge in [-0.15, -0.1) is 0 Å². The highest BCUT2D eigenvalue weighted by Gasteiger charge is 2.44. The Morgan fingerprint density at radius 1 is 1.35 bits per heavy atom. The number of ether oxygens (including phenoxy) is 1. The van der Waals surface area contributed by atoms with Crippen molar-refractivity contribution in [3.8, 4) is 0 Å². The molecule has 2 heterocycles. The predicted octanol–water partition coefficient (Wildman–Crippen LogP) is 3.73. The molecular formula is C15H26O2. The van der Waals surface area contributed by atoms with Gasteiger partial charge in [0.25, 0.3) is 0 Å². The van der Waals surface area contributed by atoms with Gasteiger partial charge in [-0.05, 0) is 25.2 Å². The van der Waals surface area contributed by atoms with Gasteiger partial charge in [0, 0.05) is 12.3 Å². The SMILES string of the molecule is CCCCC(CC)CC(=O)C1CC2CCC1O2. The summed E-state index contributed by atoms with van der Waals surface area (Å²) in [6.45, 7) is 4.43. The number of carbonyl (C=O) groups is 1. The molecule has 0 aromatic heterocycles. The van der Waals surface area contributed by atoms with Crippen LogP contribution in [-0.2, 0) is 9.53 Å². The summed E-state index contributed by atoms with van der Waals surface area (Å²) in [6, 6.07) is 0. The minimum atomic E-state index is 0.240. The van der Waals surface area contributed by atoms with E-state index in [1.807, 2.05) is 0 Å². The highest BCUT2D eigenvalue weighted by molar-refractivity contribution is 5.82. The first kappa shape index (κ1) is 13.1. The minimum absolute atomic E-state index is 0.240. The van der Waals surface area contributed by atoms with Crippen molar-refractivity contribution in [2.24, 2.45) is 11.8 Å². The van der Waals surface area contributed by atoms with E-state index in [1.165, 1.54) is 25.7 Å². The van der Waals surface area contributed by atoms with Crippen molar-refractivity contribution < 1.29 is 9.53 Å². The lowest BCUT2D eigenvalue weighted by atomic mass is 9.81. The van der Waals surface area contributed by atoms with Crippen LogP contribution >= 0.6 is 0 Å². The minimum Gasteiger partial charge on any atom is -0.374 e. The highest BCUT2D eigenvalue weighted by atomic mass is 16.5. The van der Waals surface area contributed by atoms with Gasteiger partial charge in [0.2, 0.25) is 0 Å². The molecule has 0 aromatic rings. The standard InChI is InChI=1S/C15H26O2/c1-3-5-6-11(4-2)9-14(16)13-10-12-7-8-15(13)17-12/h11-13,15H,3-10H2,1-2H3. The van der Waals surface area contributed by atoms with Gasteiger partial charge in [-0.3, -0.25) is 4.79 Å². The molecule has 2 rings (SSSR count). The molecule has 4 unspecified atom stereocenters. The second kappa shape index (κ2) is 5.99. The molecule has 2 saturated heterocycles. The molecule has 98 valence electrons. The molecular weight excluding hydrogens is 212 g/mol. The predicted molar refractivity (Wildman–Crippen MR) is 68.9 cm³/mol. The number of carbonyl (C=O) groups excluding carboxylic acids is 1. The van der Waals surface area contributed by atoms with Crippen molar-refractivity contribution in [1.82, 2.24) is 0 Å². The Kier molecular flexibility index (Phi) is 4.61. The van der Waals surface area contributed by atoms with Gasteiger partial charge in [0.1, 0.15) is 5.78 Å². The third-order valence-corrected chi connectivity index (χ3v) is 4.55. The maximum Gasteiger partial charge on any atom is 0.138 e. The molecule has 0 amide bonds. The van der Waals surface area contributed by atoms with Crippen molar-refractivity contribution >= 4 is 5.78 Å². The second-order valence-electron chi connectivity index (χ2n) is 5.80. The number of hydrogen-bond donors (Lipinski definition) is 0. The molecule has 2 aliphatic heterocycles. The molecule has 2 heteroatoms. The van der Waals surface area contributed by atoms with Gasteiger partial charge < -0.3 is 4.74 Å². The van der Waals surface area contributed by atoms with Gasteiger partial charge in [-0.25, -0.2) is 0 Å². The Morgan fingerprint density at radius 2 is 2.18 bits per heavy atom. The second-order valence-corrected chi connectivity index (χ2v) is 5.80. The first-order valence-corrected chi connectivity index (χ1v) is 7.42. The summed E-state index contributed by atoms with van der Waals surface area (Å²) in [5, 5.41) is 0. The molecule has 4 atom stereocenters. The maximum absolute atomic E-state index is 12.3. The van der Waals surface area contributed by atoms with E-state index in [1.54, 1.807) is 0 Å². The van der Waals surface area contributed by atoms with E-state index in [-0.39, 0.29) is 12.0 Å². The van der Waals surface area contributed by atoms with Gasteiger partial charge in [-0.1, -0.05) is 39.5 Å². The van der Waals surface area contributed by atoms with Crippen molar-refractivity contribution in [1.29, 1.82) is 0 Å². The summed E-state index contributed by atoms with van der Waals surface area (Å²) in [5.41, 5.74) is 0. The normalized spacial score (nSPS) is 32.9. The van der Waals surface area contributed by atoms with Crippen LogP contribution in [0.2, 0.25) is 0 Å². The van der Waals surface area contributed by atoms with E-state index in [4.69, 9.17) is 4.74 Å². The zero-order valence-electron chi connectivity index (χ0n) is 11.3. The van der Waals surface area contributed by atoms with Crippen LogP contribution < -0.4 is 0 Å². The molecule has 0 N–H and O–H groups in total. The van der Waals surface area contributed by atoms with E-state index in [2.05, 4.69) is 13.8 Å². The summed E-state index contributed by atoms with van der Waals surface area (Å²) >= 11 is 0. The van der Waals surface area contributed by atoms with Crippen LogP contribution in [-0.4, -0.2) is 18.0 Å². The van der Waals surface area contributed by atoms with Gasteiger partial charge in [0.15, 0.2) is 0 Å². The Bertz CT molecular complexity index is 262. The topological polar surface area (TPSA) is 26.3 Å². The maximum atomic E-state index is 12.3. The third-order valence-electron chi connectivity index (χ3n) is 4.55. The van der Waals surface area contributed by atoms with Gasteiger partial charge in [0.05, 0.1) is 12.2 Å². The van der Waals surface area contributed by atoms with Crippen LogP contribution in [0.4, 0.5) is 0 Å². The zero-order valence-corrected chi connectivity index (χ0v) is 11.3. The number of Topliss-reactive ketones (excluding diaryl/α,β-unsaturated/α-hetero) is 1. The molecule has 0 spiro atoms. The molecule has 0 radical (unpaired) electrons. The van der Waals surface area contributed by atoms with E-state index in [0.717, 1.165) is 25.7 Å². The lowest BCUT2D eigenvalue weighted by molar-refractivity contribution is -0.125. The van der Waals surface area contributed by atoms with E-state index in [0.29, 0.717) is 17.8 Å². The van der Waals surface area contributed by atoms with Crippen molar-refractivity contribution in [2.75, 3.05) is 0 Å². The van der Waals surface area contributed by atoms with Crippen molar-refractivity contribution in [3.05, 3.63) is 0 Å². The molecule has 2 bridgehead atoms. The van der Waals surface area contributed by atoms with Crippen LogP contribution in [0.1, 0.15) is 65.2 Å². The fourth-order valence-electron chi connectivity index (χ4n) is 3.36. The van der Waals surface area contributed by atoms with Crippen LogP contribution in [0.25, 0.3) is 0 Å².